The standard InChI is InChI=1S/C24H12N2O8/c27-19-15-11-17-18(22(30)26(21(17)29)34-24(32)14-9-5-2-6-10-14)12-16(15)20(28)25(19)33-23(31)13-7-3-1-4-8-13/h1-12H/p+1. The van der Waals surface area contributed by atoms with E-state index in [-0.39, 0.29) is 32.7 Å². The van der Waals surface area contributed by atoms with Gasteiger partial charge in [0, 0.05) is 0 Å². The van der Waals surface area contributed by atoms with Crippen molar-refractivity contribution in [2.75, 3.05) is 0 Å². The molecule has 5 aromatic rings. The fourth-order valence-electron chi connectivity index (χ4n) is 3.53. The van der Waals surface area contributed by atoms with Gasteiger partial charge in [-0.25, -0.2) is 14.4 Å². The minimum atomic E-state index is -0.959. The van der Waals surface area contributed by atoms with Crippen LogP contribution in [-0.4, -0.2) is 21.8 Å². The molecule has 0 bridgehead atoms. The van der Waals surface area contributed by atoms with Gasteiger partial charge in [-0.2, -0.15) is 4.84 Å². The van der Waals surface area contributed by atoms with Gasteiger partial charge in [0.05, 0.1) is 21.9 Å². The van der Waals surface area contributed by atoms with Crippen molar-refractivity contribution in [3.05, 3.63) is 115 Å². The van der Waals surface area contributed by atoms with Gasteiger partial charge in [0.2, 0.25) is 0 Å². The van der Waals surface area contributed by atoms with Crippen LogP contribution in [0.25, 0.3) is 21.5 Å². The van der Waals surface area contributed by atoms with Gasteiger partial charge in [-0.1, -0.05) is 41.1 Å². The summed E-state index contributed by atoms with van der Waals surface area (Å²) in [7, 11) is 0. The molecule has 0 atom stereocenters. The lowest BCUT2D eigenvalue weighted by Crippen LogP contribution is -2.55. The van der Waals surface area contributed by atoms with Crippen LogP contribution in [0.15, 0.2) is 87.2 Å². The van der Waals surface area contributed by atoms with Crippen molar-refractivity contribution in [1.29, 1.82) is 0 Å². The first-order chi connectivity index (χ1) is 16.4. The molecule has 0 aliphatic rings. The number of aromatic hydroxyl groups is 1. The van der Waals surface area contributed by atoms with E-state index >= 15 is 0 Å². The minimum Gasteiger partial charge on any atom is -0.456 e. The second kappa shape index (κ2) is 7.78. The fraction of sp³-hybridized carbons (Fsp3) is 0. The van der Waals surface area contributed by atoms with E-state index in [0.717, 1.165) is 12.1 Å². The molecule has 0 fully saturated rings. The molecule has 166 valence electrons. The predicted octanol–water partition coefficient (Wildman–Crippen LogP) is 0.282. The van der Waals surface area contributed by atoms with E-state index in [1.165, 1.54) is 24.3 Å². The molecule has 10 nitrogen and oxygen atoms in total. The van der Waals surface area contributed by atoms with Crippen LogP contribution in [-0.2, 0) is 0 Å². The summed E-state index contributed by atoms with van der Waals surface area (Å²) in [4.78, 5) is 72.9. The van der Waals surface area contributed by atoms with Crippen molar-refractivity contribution in [2.45, 2.75) is 0 Å². The summed E-state index contributed by atoms with van der Waals surface area (Å²) in [6.07, 6.45) is 0. The van der Waals surface area contributed by atoms with Crippen molar-refractivity contribution in [2.24, 2.45) is 0 Å². The van der Waals surface area contributed by atoms with Crippen LogP contribution < -0.4 is 31.1 Å². The van der Waals surface area contributed by atoms with Crippen LogP contribution >= 0.6 is 0 Å². The van der Waals surface area contributed by atoms with Gasteiger partial charge in [0.15, 0.2) is 0 Å². The molecular formula is C24H13N2O8+. The third-order valence-corrected chi connectivity index (χ3v) is 5.20. The number of rotatable bonds is 4. The van der Waals surface area contributed by atoms with Crippen LogP contribution in [0.5, 0.6) is 5.88 Å². The number of fused-ring (bicyclic) bond motifs is 2. The van der Waals surface area contributed by atoms with Gasteiger partial charge >= 0.3 is 23.4 Å². The lowest BCUT2D eigenvalue weighted by Gasteiger charge is -2.01. The summed E-state index contributed by atoms with van der Waals surface area (Å²) in [5.74, 6) is -2.55. The SMILES string of the molecule is O=C(On1c(=O)c2cc3c(O)[n+](OC(=O)c4ccccc4)c(=O)c3cc2c1=O)c1ccccc1. The highest BCUT2D eigenvalue weighted by molar-refractivity contribution is 5.99. The number of carbonyl (C=O) groups is 2. The molecule has 3 aromatic carbocycles. The Hall–Kier alpha value is -5.12. The number of nitrogens with zero attached hydrogens (tertiary/aromatic N) is 2. The maximum Gasteiger partial charge on any atom is 0.472 e. The minimum absolute atomic E-state index is 0.123. The van der Waals surface area contributed by atoms with E-state index in [0.29, 0.717) is 9.46 Å². The Kier molecular flexibility index (Phi) is 4.75. The van der Waals surface area contributed by atoms with Gasteiger partial charge in [0.1, 0.15) is 15.5 Å². The molecule has 1 N–H and O–H groups in total. The molecule has 2 aromatic heterocycles. The first kappa shape index (κ1) is 20.8. The highest BCUT2D eigenvalue weighted by Gasteiger charge is 2.32. The first-order valence-electron chi connectivity index (χ1n) is 9.89. The Balaban J connectivity index is 1.58. The molecule has 0 unspecified atom stereocenters. The number of aromatic nitrogens is 2. The number of hydrogen-bond donors (Lipinski definition) is 1. The average molecular weight is 457 g/mol. The summed E-state index contributed by atoms with van der Waals surface area (Å²) in [6, 6.07) is 17.7. The second-order valence-corrected chi connectivity index (χ2v) is 7.26. The molecule has 34 heavy (non-hydrogen) atoms. The lowest BCUT2D eigenvalue weighted by molar-refractivity contribution is -0.877. The van der Waals surface area contributed by atoms with Crippen LogP contribution in [0.4, 0.5) is 0 Å². The maximum atomic E-state index is 12.8. The van der Waals surface area contributed by atoms with Crippen LogP contribution in [0.2, 0.25) is 0 Å². The van der Waals surface area contributed by atoms with Crippen LogP contribution in [0.1, 0.15) is 20.7 Å². The van der Waals surface area contributed by atoms with Crippen molar-refractivity contribution in [1.82, 2.24) is 4.73 Å². The molecule has 0 aliphatic carbocycles. The molecule has 10 heteroatoms. The third-order valence-electron chi connectivity index (χ3n) is 5.20. The van der Waals surface area contributed by atoms with E-state index in [1.807, 2.05) is 0 Å². The summed E-state index contributed by atoms with van der Waals surface area (Å²) in [5, 5.41) is 9.80. The van der Waals surface area contributed by atoms with Gasteiger partial charge in [-0.15, -0.1) is 0 Å². The van der Waals surface area contributed by atoms with E-state index in [2.05, 4.69) is 0 Å². The van der Waals surface area contributed by atoms with Gasteiger partial charge < -0.3 is 9.94 Å². The normalized spacial score (nSPS) is 11.1. The molecule has 0 radical (unpaired) electrons. The molecule has 0 amide bonds. The van der Waals surface area contributed by atoms with E-state index in [9.17, 15) is 29.1 Å². The van der Waals surface area contributed by atoms with Crippen LogP contribution in [0.3, 0.4) is 0 Å². The zero-order valence-electron chi connectivity index (χ0n) is 17.1. The number of hydrogen-bond acceptors (Lipinski definition) is 8. The first-order valence-corrected chi connectivity index (χ1v) is 9.89. The molecule has 0 saturated heterocycles. The highest BCUT2D eigenvalue weighted by atomic mass is 16.7. The Morgan fingerprint density at radius 2 is 1.21 bits per heavy atom. The third kappa shape index (κ3) is 3.21. The summed E-state index contributed by atoms with van der Waals surface area (Å²) < 4.78 is 0.682. The molecule has 0 aliphatic heterocycles. The van der Waals surface area contributed by atoms with Gasteiger partial charge in [-0.3, -0.25) is 9.59 Å². The Bertz CT molecular complexity index is 1750. The highest BCUT2D eigenvalue weighted by Crippen LogP contribution is 2.22. The van der Waals surface area contributed by atoms with E-state index in [1.54, 1.807) is 36.4 Å². The largest absolute Gasteiger partial charge is 0.472 e. The molecular weight excluding hydrogens is 444 g/mol. The second-order valence-electron chi connectivity index (χ2n) is 7.26. The molecule has 0 saturated carbocycles. The quantitative estimate of drug-likeness (QED) is 0.381. The fourth-order valence-corrected chi connectivity index (χ4v) is 3.53. The van der Waals surface area contributed by atoms with Crippen LogP contribution in [0, 0.1) is 0 Å². The van der Waals surface area contributed by atoms with Crippen molar-refractivity contribution >= 4 is 33.5 Å². The molecule has 5 rings (SSSR count). The Labute approximate surface area is 188 Å². The Morgan fingerprint density at radius 1 is 0.706 bits per heavy atom. The Morgan fingerprint density at radius 3 is 1.76 bits per heavy atom. The average Bonchev–Trinajstić information content (AvgIpc) is 3.24. The van der Waals surface area contributed by atoms with Crippen molar-refractivity contribution < 1.29 is 29.1 Å². The monoisotopic (exact) mass is 457 g/mol. The summed E-state index contributed by atoms with van der Waals surface area (Å²) in [5.41, 5.74) is -2.56. The topological polar surface area (TPSA) is 133 Å². The smallest absolute Gasteiger partial charge is 0.456 e. The van der Waals surface area contributed by atoms with Crippen molar-refractivity contribution in [3.8, 4) is 5.88 Å². The molecule has 0 spiro atoms. The van der Waals surface area contributed by atoms with Crippen molar-refractivity contribution in [3.63, 3.8) is 0 Å². The zero-order valence-corrected chi connectivity index (χ0v) is 17.1. The number of benzene rings is 3. The molecule has 2 heterocycles. The summed E-state index contributed by atoms with van der Waals surface area (Å²) >= 11 is 0. The van der Waals surface area contributed by atoms with E-state index in [4.69, 9.17) is 9.68 Å². The number of carbonyl (C=O) groups excluding carboxylic acids is 2. The van der Waals surface area contributed by atoms with Gasteiger partial charge in [-0.05, 0) is 36.4 Å². The zero-order chi connectivity index (χ0) is 24.0. The maximum absolute atomic E-state index is 12.8. The summed E-state index contributed by atoms with van der Waals surface area (Å²) in [6.45, 7) is 0. The van der Waals surface area contributed by atoms with E-state index < -0.39 is 34.5 Å². The lowest BCUT2D eigenvalue weighted by atomic mass is 10.1. The predicted molar refractivity (Wildman–Crippen MR) is 117 cm³/mol. The van der Waals surface area contributed by atoms with Gasteiger partial charge in [0.25, 0.3) is 11.1 Å².